The zero-order chi connectivity index (χ0) is 12.8. The first-order chi connectivity index (χ1) is 8.04. The van der Waals surface area contributed by atoms with Gasteiger partial charge < -0.3 is 14.4 Å². The minimum Gasteiger partial charge on any atom is -0.495 e. The van der Waals surface area contributed by atoms with Gasteiger partial charge in [0.05, 0.1) is 12.1 Å². The Labute approximate surface area is 107 Å². The van der Waals surface area contributed by atoms with Crippen molar-refractivity contribution in [2.45, 2.75) is 19.8 Å². The molecule has 0 spiro atoms. The van der Waals surface area contributed by atoms with Crippen molar-refractivity contribution >= 4 is 23.1 Å². The first-order valence-corrected chi connectivity index (χ1v) is 5.96. The molecule has 3 nitrogen and oxygen atoms in total. The quantitative estimate of drug-likeness (QED) is 0.782. The second kappa shape index (κ2) is 6.50. The molecule has 17 heavy (non-hydrogen) atoms. The van der Waals surface area contributed by atoms with Gasteiger partial charge >= 0.3 is 0 Å². The Balaban J connectivity index is 2.59. The summed E-state index contributed by atoms with van der Waals surface area (Å²) in [5.41, 5.74) is 1.03. The Morgan fingerprint density at radius 3 is 2.71 bits per heavy atom. The average molecular weight is 256 g/mol. The van der Waals surface area contributed by atoms with Crippen molar-refractivity contribution < 1.29 is 9.53 Å². The lowest BCUT2D eigenvalue weighted by molar-refractivity contribution is -0.117. The Morgan fingerprint density at radius 2 is 2.18 bits per heavy atom. The smallest absolute Gasteiger partial charge is 0.137 e. The van der Waals surface area contributed by atoms with E-state index in [1.54, 1.807) is 14.0 Å². The number of hydrogen-bond donors (Lipinski definition) is 0. The summed E-state index contributed by atoms with van der Waals surface area (Å²) in [7, 11) is 3.58. The molecule has 0 aliphatic rings. The molecule has 0 heterocycles. The minimum atomic E-state index is 0.228. The molecule has 0 N–H and O–H groups in total. The van der Waals surface area contributed by atoms with Crippen molar-refractivity contribution in [3.63, 3.8) is 0 Å². The van der Waals surface area contributed by atoms with Gasteiger partial charge in [0.25, 0.3) is 0 Å². The number of ether oxygens (including phenoxy) is 1. The zero-order valence-corrected chi connectivity index (χ0v) is 11.3. The van der Waals surface area contributed by atoms with E-state index in [0.29, 0.717) is 17.2 Å². The summed E-state index contributed by atoms with van der Waals surface area (Å²) >= 11 is 6.05. The molecule has 0 aliphatic carbocycles. The number of rotatable bonds is 6. The highest BCUT2D eigenvalue weighted by atomic mass is 35.5. The van der Waals surface area contributed by atoms with Gasteiger partial charge in [-0.1, -0.05) is 11.6 Å². The largest absolute Gasteiger partial charge is 0.495 e. The highest BCUT2D eigenvalue weighted by Gasteiger charge is 2.05. The second-order valence-corrected chi connectivity index (χ2v) is 4.45. The van der Waals surface area contributed by atoms with Crippen LogP contribution in [0.2, 0.25) is 5.02 Å². The van der Waals surface area contributed by atoms with E-state index in [4.69, 9.17) is 16.3 Å². The number of halogens is 1. The lowest BCUT2D eigenvalue weighted by atomic mass is 10.2. The zero-order valence-electron chi connectivity index (χ0n) is 10.5. The SMILES string of the molecule is COc1ccc(N(C)CCCC(C)=O)cc1Cl. The van der Waals surface area contributed by atoms with Crippen LogP contribution in [0.4, 0.5) is 5.69 Å². The van der Waals surface area contributed by atoms with Gasteiger partial charge in [0, 0.05) is 25.7 Å². The first kappa shape index (κ1) is 13.8. The molecule has 0 unspecified atom stereocenters. The predicted octanol–water partition coefficient (Wildman–Crippen LogP) is 3.15. The highest BCUT2D eigenvalue weighted by molar-refractivity contribution is 6.32. The van der Waals surface area contributed by atoms with Crippen LogP contribution in [0.1, 0.15) is 19.8 Å². The van der Waals surface area contributed by atoms with E-state index >= 15 is 0 Å². The van der Waals surface area contributed by atoms with Crippen molar-refractivity contribution in [3.8, 4) is 5.75 Å². The summed E-state index contributed by atoms with van der Waals surface area (Å²) in [5, 5.41) is 0.600. The molecule has 0 saturated heterocycles. The van der Waals surface area contributed by atoms with E-state index in [9.17, 15) is 4.79 Å². The van der Waals surface area contributed by atoms with Crippen molar-refractivity contribution in [2.24, 2.45) is 0 Å². The normalized spacial score (nSPS) is 10.1. The predicted molar refractivity (Wildman–Crippen MR) is 71.2 cm³/mol. The van der Waals surface area contributed by atoms with E-state index in [2.05, 4.69) is 4.90 Å². The van der Waals surface area contributed by atoms with E-state index in [1.807, 2.05) is 25.2 Å². The molecule has 0 bridgehead atoms. The van der Waals surface area contributed by atoms with Crippen molar-refractivity contribution in [3.05, 3.63) is 23.2 Å². The number of carbonyl (C=O) groups is 1. The van der Waals surface area contributed by atoms with Crippen LogP contribution < -0.4 is 9.64 Å². The third-order valence-corrected chi connectivity index (χ3v) is 2.89. The fraction of sp³-hybridized carbons (Fsp3) is 0.462. The Hall–Kier alpha value is -1.22. The summed E-state index contributed by atoms with van der Waals surface area (Å²) in [4.78, 5) is 12.9. The molecular weight excluding hydrogens is 238 g/mol. The monoisotopic (exact) mass is 255 g/mol. The molecule has 0 aliphatic heterocycles. The van der Waals surface area contributed by atoms with Crippen LogP contribution >= 0.6 is 11.6 Å². The van der Waals surface area contributed by atoms with Crippen molar-refractivity contribution in [1.29, 1.82) is 0 Å². The first-order valence-electron chi connectivity index (χ1n) is 5.58. The van der Waals surface area contributed by atoms with Crippen LogP contribution in [0.25, 0.3) is 0 Å². The Bertz CT molecular complexity index is 393. The van der Waals surface area contributed by atoms with Crippen LogP contribution in [0, 0.1) is 0 Å². The fourth-order valence-electron chi connectivity index (χ4n) is 1.59. The molecule has 1 rings (SSSR count). The van der Waals surface area contributed by atoms with Gasteiger partial charge in [-0.2, -0.15) is 0 Å². The summed E-state index contributed by atoms with van der Waals surface area (Å²) in [5.74, 6) is 0.902. The maximum Gasteiger partial charge on any atom is 0.137 e. The molecule has 4 heteroatoms. The van der Waals surface area contributed by atoms with Gasteiger partial charge in [0.1, 0.15) is 11.5 Å². The second-order valence-electron chi connectivity index (χ2n) is 4.05. The van der Waals surface area contributed by atoms with Crippen LogP contribution in [0.5, 0.6) is 5.75 Å². The lowest BCUT2D eigenvalue weighted by Crippen LogP contribution is -2.18. The minimum absolute atomic E-state index is 0.228. The topological polar surface area (TPSA) is 29.5 Å². The van der Waals surface area contributed by atoms with Crippen LogP contribution in [-0.2, 0) is 4.79 Å². The molecule has 1 aromatic carbocycles. The number of benzene rings is 1. The van der Waals surface area contributed by atoms with E-state index in [-0.39, 0.29) is 5.78 Å². The lowest BCUT2D eigenvalue weighted by Gasteiger charge is -2.19. The van der Waals surface area contributed by atoms with Gasteiger partial charge in [-0.25, -0.2) is 0 Å². The summed E-state index contributed by atoms with van der Waals surface area (Å²) in [6.45, 7) is 2.45. The molecule has 94 valence electrons. The van der Waals surface area contributed by atoms with E-state index in [0.717, 1.165) is 18.7 Å². The van der Waals surface area contributed by atoms with Crippen molar-refractivity contribution in [2.75, 3.05) is 25.6 Å². The van der Waals surface area contributed by atoms with E-state index in [1.165, 1.54) is 0 Å². The molecule has 0 amide bonds. The standard InChI is InChI=1S/C13H18ClNO2/c1-10(16)5-4-8-15(2)11-6-7-13(17-3)12(14)9-11/h6-7,9H,4-5,8H2,1-3H3. The molecule has 0 aromatic heterocycles. The molecular formula is C13H18ClNO2. The average Bonchev–Trinajstić information content (AvgIpc) is 2.28. The van der Waals surface area contributed by atoms with Gasteiger partial charge in [-0.15, -0.1) is 0 Å². The number of nitrogens with zero attached hydrogens (tertiary/aromatic N) is 1. The van der Waals surface area contributed by atoms with Gasteiger partial charge in [-0.3, -0.25) is 0 Å². The van der Waals surface area contributed by atoms with Crippen LogP contribution in [0.3, 0.4) is 0 Å². The number of hydrogen-bond acceptors (Lipinski definition) is 3. The number of methoxy groups -OCH3 is 1. The maximum atomic E-state index is 10.8. The highest BCUT2D eigenvalue weighted by Crippen LogP contribution is 2.28. The maximum absolute atomic E-state index is 10.8. The third-order valence-electron chi connectivity index (χ3n) is 2.60. The molecule has 0 saturated carbocycles. The molecule has 0 fully saturated rings. The molecule has 0 radical (unpaired) electrons. The number of ketones is 1. The molecule has 0 atom stereocenters. The fourth-order valence-corrected chi connectivity index (χ4v) is 1.84. The van der Waals surface area contributed by atoms with Crippen LogP contribution in [0.15, 0.2) is 18.2 Å². The number of Topliss-reactive ketones (excluding diaryl/α,β-unsaturated/α-hetero) is 1. The van der Waals surface area contributed by atoms with E-state index < -0.39 is 0 Å². The van der Waals surface area contributed by atoms with Gasteiger partial charge in [0.15, 0.2) is 0 Å². The number of anilines is 1. The summed E-state index contributed by atoms with van der Waals surface area (Å²) < 4.78 is 5.10. The third kappa shape index (κ3) is 4.27. The summed E-state index contributed by atoms with van der Waals surface area (Å²) in [6.07, 6.45) is 1.48. The van der Waals surface area contributed by atoms with Gasteiger partial charge in [0.2, 0.25) is 0 Å². The summed E-state index contributed by atoms with van der Waals surface area (Å²) in [6, 6.07) is 5.67. The Kier molecular flexibility index (Phi) is 5.29. The molecule has 1 aromatic rings. The van der Waals surface area contributed by atoms with Crippen LogP contribution in [-0.4, -0.2) is 26.5 Å². The Morgan fingerprint density at radius 1 is 1.47 bits per heavy atom. The number of carbonyl (C=O) groups excluding carboxylic acids is 1. The van der Waals surface area contributed by atoms with Crippen molar-refractivity contribution in [1.82, 2.24) is 0 Å². The van der Waals surface area contributed by atoms with Gasteiger partial charge in [-0.05, 0) is 31.5 Å².